The lowest BCUT2D eigenvalue weighted by Crippen LogP contribution is -2.47. The van der Waals surface area contributed by atoms with Crippen LogP contribution in [0.2, 0.25) is 5.02 Å². The zero-order valence-corrected chi connectivity index (χ0v) is 14.7. The molecule has 0 aliphatic carbocycles. The van der Waals surface area contributed by atoms with E-state index in [0.717, 1.165) is 18.5 Å². The van der Waals surface area contributed by atoms with Gasteiger partial charge in [-0.1, -0.05) is 37.6 Å². The summed E-state index contributed by atoms with van der Waals surface area (Å²) in [5, 5.41) is 15.9. The summed E-state index contributed by atoms with van der Waals surface area (Å²) in [7, 11) is 2.06. The van der Waals surface area contributed by atoms with E-state index in [0.29, 0.717) is 11.6 Å². The third-order valence-corrected chi connectivity index (χ3v) is 4.58. The largest absolute Gasteiger partial charge is 0.396 e. The number of hydrogen-bond donors (Lipinski definition) is 3. The summed E-state index contributed by atoms with van der Waals surface area (Å²) in [6, 6.07) is 7.79. The van der Waals surface area contributed by atoms with Gasteiger partial charge >= 0.3 is 6.03 Å². The standard InChI is InChI=1S/C17H26ClN3O2/c1-17(2,11-22)10-19-16(23)20-14-8-9-21(3)15(14)12-4-6-13(18)7-5-12/h4-7,14-15,22H,8-11H2,1-3H3,(H2,19,20,23). The number of urea groups is 1. The Hall–Kier alpha value is -1.30. The van der Waals surface area contributed by atoms with Crippen LogP contribution in [0.25, 0.3) is 0 Å². The Labute approximate surface area is 143 Å². The third kappa shape index (κ3) is 4.83. The van der Waals surface area contributed by atoms with Gasteiger partial charge in [0.2, 0.25) is 0 Å². The number of aliphatic hydroxyl groups excluding tert-OH is 1. The van der Waals surface area contributed by atoms with Crippen molar-refractivity contribution in [3.8, 4) is 0 Å². The fraction of sp³-hybridized carbons (Fsp3) is 0.588. The predicted molar refractivity (Wildman–Crippen MR) is 92.6 cm³/mol. The van der Waals surface area contributed by atoms with Crippen molar-refractivity contribution in [1.29, 1.82) is 0 Å². The van der Waals surface area contributed by atoms with E-state index in [1.807, 2.05) is 38.1 Å². The average Bonchev–Trinajstić information content (AvgIpc) is 2.87. The van der Waals surface area contributed by atoms with Gasteiger partial charge in [0.15, 0.2) is 0 Å². The first kappa shape index (κ1) is 18.0. The molecule has 3 N–H and O–H groups in total. The van der Waals surface area contributed by atoms with Crippen molar-refractivity contribution in [2.24, 2.45) is 5.41 Å². The fourth-order valence-corrected chi connectivity index (χ4v) is 2.97. The van der Waals surface area contributed by atoms with E-state index in [9.17, 15) is 9.90 Å². The number of likely N-dealkylation sites (N-methyl/N-ethyl adjacent to an activating group) is 1. The van der Waals surface area contributed by atoms with Gasteiger partial charge in [0.25, 0.3) is 0 Å². The molecule has 2 unspecified atom stereocenters. The Bertz CT molecular complexity index is 533. The highest BCUT2D eigenvalue weighted by molar-refractivity contribution is 6.30. The number of halogens is 1. The molecule has 5 nitrogen and oxygen atoms in total. The topological polar surface area (TPSA) is 64.6 Å². The Morgan fingerprint density at radius 3 is 2.65 bits per heavy atom. The summed E-state index contributed by atoms with van der Waals surface area (Å²) < 4.78 is 0. The van der Waals surface area contributed by atoms with Crippen molar-refractivity contribution >= 4 is 17.6 Å². The van der Waals surface area contributed by atoms with Crippen LogP contribution in [-0.2, 0) is 0 Å². The minimum absolute atomic E-state index is 0.0346. The van der Waals surface area contributed by atoms with Crippen molar-refractivity contribution < 1.29 is 9.90 Å². The maximum Gasteiger partial charge on any atom is 0.315 e. The van der Waals surface area contributed by atoms with Gasteiger partial charge in [0, 0.05) is 30.1 Å². The van der Waals surface area contributed by atoms with Gasteiger partial charge in [-0.15, -0.1) is 0 Å². The van der Waals surface area contributed by atoms with Gasteiger partial charge in [0.05, 0.1) is 12.1 Å². The van der Waals surface area contributed by atoms with Crippen LogP contribution in [0.1, 0.15) is 31.9 Å². The number of nitrogens with zero attached hydrogens (tertiary/aromatic N) is 1. The maximum absolute atomic E-state index is 12.2. The third-order valence-electron chi connectivity index (χ3n) is 4.33. The zero-order valence-electron chi connectivity index (χ0n) is 14.0. The van der Waals surface area contributed by atoms with Crippen LogP contribution in [0.15, 0.2) is 24.3 Å². The van der Waals surface area contributed by atoms with E-state index in [4.69, 9.17) is 11.6 Å². The molecule has 1 aliphatic rings. The highest BCUT2D eigenvalue weighted by Crippen LogP contribution is 2.31. The lowest BCUT2D eigenvalue weighted by Gasteiger charge is -2.27. The van der Waals surface area contributed by atoms with Crippen LogP contribution in [0.4, 0.5) is 4.79 Å². The van der Waals surface area contributed by atoms with Crippen molar-refractivity contribution in [3.63, 3.8) is 0 Å². The molecule has 1 fully saturated rings. The number of rotatable bonds is 5. The smallest absolute Gasteiger partial charge is 0.315 e. The number of carbonyl (C=O) groups excluding carboxylic acids is 1. The van der Waals surface area contributed by atoms with Gasteiger partial charge in [0.1, 0.15) is 0 Å². The molecule has 0 spiro atoms. The zero-order chi connectivity index (χ0) is 17.0. The lowest BCUT2D eigenvalue weighted by atomic mass is 9.95. The van der Waals surface area contributed by atoms with Crippen molar-refractivity contribution in [2.45, 2.75) is 32.4 Å². The van der Waals surface area contributed by atoms with Crippen LogP contribution in [0.3, 0.4) is 0 Å². The molecule has 0 bridgehead atoms. The molecule has 1 heterocycles. The van der Waals surface area contributed by atoms with E-state index in [1.165, 1.54) is 0 Å². The number of carbonyl (C=O) groups is 1. The SMILES string of the molecule is CN1CCC(NC(=O)NCC(C)(C)CO)C1c1ccc(Cl)cc1. The molecule has 23 heavy (non-hydrogen) atoms. The first-order valence-corrected chi connectivity index (χ1v) is 8.31. The summed E-state index contributed by atoms with van der Waals surface area (Å²) in [6.45, 7) is 5.22. The number of likely N-dealkylation sites (tertiary alicyclic amines) is 1. The molecule has 2 amide bonds. The van der Waals surface area contributed by atoms with Gasteiger partial charge in [-0.3, -0.25) is 4.90 Å². The van der Waals surface area contributed by atoms with Crippen molar-refractivity contribution in [1.82, 2.24) is 15.5 Å². The van der Waals surface area contributed by atoms with Gasteiger partial charge in [-0.05, 0) is 31.2 Å². The Kier molecular flexibility index (Phi) is 5.89. The summed E-state index contributed by atoms with van der Waals surface area (Å²) in [5.74, 6) is 0. The van der Waals surface area contributed by atoms with Crippen LogP contribution in [0.5, 0.6) is 0 Å². The first-order valence-electron chi connectivity index (χ1n) is 7.93. The molecule has 1 saturated heterocycles. The van der Waals surface area contributed by atoms with Gasteiger partial charge in [-0.25, -0.2) is 4.79 Å². The molecule has 1 aromatic rings. The van der Waals surface area contributed by atoms with Crippen LogP contribution in [0, 0.1) is 5.41 Å². The quantitative estimate of drug-likeness (QED) is 0.772. The highest BCUT2D eigenvalue weighted by Gasteiger charge is 2.34. The molecule has 6 heteroatoms. The minimum Gasteiger partial charge on any atom is -0.396 e. The first-order chi connectivity index (χ1) is 10.8. The Morgan fingerprint density at radius 2 is 2.04 bits per heavy atom. The van der Waals surface area contributed by atoms with Crippen LogP contribution >= 0.6 is 11.6 Å². The lowest BCUT2D eigenvalue weighted by molar-refractivity contribution is 0.156. The number of aliphatic hydroxyl groups is 1. The second kappa shape index (κ2) is 7.51. The fourth-order valence-electron chi connectivity index (χ4n) is 2.84. The highest BCUT2D eigenvalue weighted by atomic mass is 35.5. The number of hydrogen-bond acceptors (Lipinski definition) is 3. The molecule has 2 atom stereocenters. The molecule has 1 aliphatic heterocycles. The number of nitrogens with one attached hydrogen (secondary N) is 2. The minimum atomic E-state index is -0.320. The molecule has 0 radical (unpaired) electrons. The number of benzene rings is 1. The summed E-state index contributed by atoms with van der Waals surface area (Å²) in [5.41, 5.74) is 0.828. The summed E-state index contributed by atoms with van der Waals surface area (Å²) >= 11 is 5.96. The van der Waals surface area contributed by atoms with E-state index in [1.54, 1.807) is 0 Å². The van der Waals surface area contributed by atoms with Crippen molar-refractivity contribution in [2.75, 3.05) is 26.7 Å². The van der Waals surface area contributed by atoms with Crippen LogP contribution in [-0.4, -0.2) is 48.8 Å². The maximum atomic E-state index is 12.2. The van der Waals surface area contributed by atoms with Crippen LogP contribution < -0.4 is 10.6 Å². The Balaban J connectivity index is 1.98. The van der Waals surface area contributed by atoms with Crippen molar-refractivity contribution in [3.05, 3.63) is 34.9 Å². The van der Waals surface area contributed by atoms with E-state index < -0.39 is 0 Å². The number of amides is 2. The molecule has 2 rings (SSSR count). The monoisotopic (exact) mass is 339 g/mol. The van der Waals surface area contributed by atoms with E-state index in [-0.39, 0.29) is 30.1 Å². The van der Waals surface area contributed by atoms with Gasteiger partial charge < -0.3 is 15.7 Å². The van der Waals surface area contributed by atoms with E-state index >= 15 is 0 Å². The van der Waals surface area contributed by atoms with E-state index in [2.05, 4.69) is 22.6 Å². The molecule has 0 saturated carbocycles. The predicted octanol–water partition coefficient (Wildman–Crippen LogP) is 2.40. The summed E-state index contributed by atoms with van der Waals surface area (Å²) in [6.07, 6.45) is 0.903. The normalized spacial score (nSPS) is 22.1. The summed E-state index contributed by atoms with van der Waals surface area (Å²) in [4.78, 5) is 14.4. The molecule has 0 aromatic heterocycles. The molecule has 1 aromatic carbocycles. The Morgan fingerprint density at radius 1 is 1.39 bits per heavy atom. The average molecular weight is 340 g/mol. The second-order valence-corrected chi connectivity index (χ2v) is 7.46. The molecular weight excluding hydrogens is 314 g/mol. The molecular formula is C17H26ClN3O2. The molecule has 128 valence electrons. The van der Waals surface area contributed by atoms with Gasteiger partial charge in [-0.2, -0.15) is 0 Å². The second-order valence-electron chi connectivity index (χ2n) is 7.02.